The van der Waals surface area contributed by atoms with Gasteiger partial charge in [0, 0.05) is 11.6 Å². The molecule has 2 aromatic rings. The lowest BCUT2D eigenvalue weighted by atomic mass is 10.00. The van der Waals surface area contributed by atoms with Crippen molar-refractivity contribution < 1.29 is 19.3 Å². The summed E-state index contributed by atoms with van der Waals surface area (Å²) in [4.78, 5) is 0. The molecule has 0 fully saturated rings. The average Bonchev–Trinajstić information content (AvgIpc) is 2.53. The number of ether oxygens (including phenoxy) is 3. The first-order valence-corrected chi connectivity index (χ1v) is 6.23. The van der Waals surface area contributed by atoms with Crippen molar-refractivity contribution in [2.24, 2.45) is 0 Å². The molecule has 0 bridgehead atoms. The zero-order valence-electron chi connectivity index (χ0n) is 11.8. The molecule has 4 heteroatoms. The fourth-order valence-electron chi connectivity index (χ4n) is 2.06. The van der Waals surface area contributed by atoms with Crippen LogP contribution in [0.1, 0.15) is 17.2 Å². The van der Waals surface area contributed by atoms with Crippen molar-refractivity contribution in [1.29, 1.82) is 0 Å². The molecule has 0 aliphatic rings. The van der Waals surface area contributed by atoms with Crippen LogP contribution in [0.4, 0.5) is 0 Å². The molecule has 0 amide bonds. The van der Waals surface area contributed by atoms with Gasteiger partial charge >= 0.3 is 0 Å². The molecule has 1 N–H and O–H groups in total. The number of benzene rings is 2. The zero-order chi connectivity index (χ0) is 14.5. The summed E-state index contributed by atoms with van der Waals surface area (Å²) in [6.07, 6.45) is -0.810. The van der Waals surface area contributed by atoms with Crippen LogP contribution in [0.5, 0.6) is 17.2 Å². The van der Waals surface area contributed by atoms with Crippen LogP contribution in [0.3, 0.4) is 0 Å². The molecule has 0 saturated carbocycles. The quantitative estimate of drug-likeness (QED) is 0.910. The van der Waals surface area contributed by atoms with Gasteiger partial charge in [-0.3, -0.25) is 0 Å². The van der Waals surface area contributed by atoms with Gasteiger partial charge in [0.05, 0.1) is 21.3 Å². The van der Waals surface area contributed by atoms with Crippen molar-refractivity contribution in [3.05, 3.63) is 53.6 Å². The second-order valence-corrected chi connectivity index (χ2v) is 4.29. The Labute approximate surface area is 118 Å². The molecule has 20 heavy (non-hydrogen) atoms. The molecule has 0 heterocycles. The van der Waals surface area contributed by atoms with Crippen molar-refractivity contribution >= 4 is 0 Å². The van der Waals surface area contributed by atoms with Crippen LogP contribution in [-0.4, -0.2) is 26.4 Å². The summed E-state index contributed by atoms with van der Waals surface area (Å²) in [5.74, 6) is 1.91. The molecule has 0 aliphatic carbocycles. The SMILES string of the molecule is COc1cc(OC)cc(C(O)c2ccccc2OC)c1. The number of para-hydroxylation sites is 1. The topological polar surface area (TPSA) is 47.9 Å². The highest BCUT2D eigenvalue weighted by Crippen LogP contribution is 2.33. The molecule has 0 saturated heterocycles. The highest BCUT2D eigenvalue weighted by atomic mass is 16.5. The lowest BCUT2D eigenvalue weighted by Crippen LogP contribution is -2.03. The molecule has 0 aromatic heterocycles. The Hall–Kier alpha value is -2.20. The van der Waals surface area contributed by atoms with Gasteiger partial charge in [-0.05, 0) is 23.8 Å². The maximum absolute atomic E-state index is 10.6. The Morgan fingerprint density at radius 3 is 2.00 bits per heavy atom. The number of methoxy groups -OCH3 is 3. The minimum atomic E-state index is -0.810. The number of aliphatic hydroxyl groups excluding tert-OH is 1. The van der Waals surface area contributed by atoms with Gasteiger partial charge in [0.15, 0.2) is 0 Å². The molecule has 106 valence electrons. The maximum atomic E-state index is 10.6. The van der Waals surface area contributed by atoms with Gasteiger partial charge in [-0.15, -0.1) is 0 Å². The summed E-state index contributed by atoms with van der Waals surface area (Å²) in [5.41, 5.74) is 1.39. The lowest BCUT2D eigenvalue weighted by Gasteiger charge is -2.16. The van der Waals surface area contributed by atoms with E-state index in [0.717, 1.165) is 0 Å². The predicted molar refractivity (Wildman–Crippen MR) is 76.6 cm³/mol. The van der Waals surface area contributed by atoms with Crippen molar-refractivity contribution in [2.45, 2.75) is 6.10 Å². The van der Waals surface area contributed by atoms with E-state index >= 15 is 0 Å². The van der Waals surface area contributed by atoms with Gasteiger partial charge in [0.2, 0.25) is 0 Å². The minimum absolute atomic E-state index is 0.633. The Balaban J connectivity index is 2.44. The Bertz CT molecular complexity index is 558. The Morgan fingerprint density at radius 2 is 1.45 bits per heavy atom. The van der Waals surface area contributed by atoms with Crippen molar-refractivity contribution in [1.82, 2.24) is 0 Å². The Kier molecular flexibility index (Phi) is 4.48. The molecular weight excluding hydrogens is 256 g/mol. The van der Waals surface area contributed by atoms with E-state index in [1.54, 1.807) is 39.5 Å². The van der Waals surface area contributed by atoms with Crippen molar-refractivity contribution in [2.75, 3.05) is 21.3 Å². The monoisotopic (exact) mass is 274 g/mol. The van der Waals surface area contributed by atoms with Crippen LogP contribution in [0, 0.1) is 0 Å². The fourth-order valence-corrected chi connectivity index (χ4v) is 2.06. The van der Waals surface area contributed by atoms with E-state index in [4.69, 9.17) is 14.2 Å². The summed E-state index contributed by atoms with van der Waals surface area (Å²) < 4.78 is 15.7. The number of aliphatic hydroxyl groups is 1. The largest absolute Gasteiger partial charge is 0.497 e. The second-order valence-electron chi connectivity index (χ2n) is 4.29. The number of rotatable bonds is 5. The van der Waals surface area contributed by atoms with E-state index in [9.17, 15) is 5.11 Å². The van der Waals surface area contributed by atoms with Gasteiger partial charge in [0.25, 0.3) is 0 Å². The van der Waals surface area contributed by atoms with Gasteiger partial charge in [-0.25, -0.2) is 0 Å². The van der Waals surface area contributed by atoms with Crippen molar-refractivity contribution in [3.63, 3.8) is 0 Å². The van der Waals surface area contributed by atoms with Crippen LogP contribution in [0.25, 0.3) is 0 Å². The molecule has 0 radical (unpaired) electrons. The molecule has 4 nitrogen and oxygen atoms in total. The number of hydrogen-bond donors (Lipinski definition) is 1. The maximum Gasteiger partial charge on any atom is 0.125 e. The van der Waals surface area contributed by atoms with Crippen LogP contribution in [0.2, 0.25) is 0 Å². The third-order valence-electron chi connectivity index (χ3n) is 3.12. The molecule has 0 spiro atoms. The summed E-state index contributed by atoms with van der Waals surface area (Å²) in [7, 11) is 4.74. The summed E-state index contributed by atoms with van der Waals surface area (Å²) in [6.45, 7) is 0. The molecule has 2 aromatic carbocycles. The van der Waals surface area contributed by atoms with Gasteiger partial charge in [0.1, 0.15) is 23.4 Å². The lowest BCUT2D eigenvalue weighted by molar-refractivity contribution is 0.213. The molecule has 0 aliphatic heterocycles. The van der Waals surface area contributed by atoms with Gasteiger partial charge < -0.3 is 19.3 Å². The van der Waals surface area contributed by atoms with Crippen LogP contribution >= 0.6 is 0 Å². The summed E-state index contributed by atoms with van der Waals surface area (Å²) in [5, 5.41) is 10.6. The second kappa shape index (κ2) is 6.30. The molecule has 1 atom stereocenters. The van der Waals surface area contributed by atoms with E-state index in [0.29, 0.717) is 28.4 Å². The first kappa shape index (κ1) is 14.2. The Morgan fingerprint density at radius 1 is 0.850 bits per heavy atom. The zero-order valence-corrected chi connectivity index (χ0v) is 11.8. The average molecular weight is 274 g/mol. The number of hydrogen-bond acceptors (Lipinski definition) is 4. The van der Waals surface area contributed by atoms with E-state index in [1.165, 1.54) is 0 Å². The summed E-state index contributed by atoms with van der Waals surface area (Å²) in [6, 6.07) is 12.7. The van der Waals surface area contributed by atoms with Crippen molar-refractivity contribution in [3.8, 4) is 17.2 Å². The molecule has 1 unspecified atom stereocenters. The third-order valence-corrected chi connectivity index (χ3v) is 3.12. The van der Waals surface area contributed by atoms with Crippen LogP contribution in [0.15, 0.2) is 42.5 Å². The first-order chi connectivity index (χ1) is 9.69. The summed E-state index contributed by atoms with van der Waals surface area (Å²) >= 11 is 0. The van der Waals surface area contributed by atoms with E-state index < -0.39 is 6.10 Å². The standard InChI is InChI=1S/C16H18O4/c1-18-12-8-11(9-13(10-12)19-2)16(17)14-6-4-5-7-15(14)20-3/h4-10,16-17H,1-3H3. The smallest absolute Gasteiger partial charge is 0.125 e. The van der Waals surface area contributed by atoms with E-state index in [2.05, 4.69) is 0 Å². The van der Waals surface area contributed by atoms with E-state index in [-0.39, 0.29) is 0 Å². The minimum Gasteiger partial charge on any atom is -0.497 e. The fraction of sp³-hybridized carbons (Fsp3) is 0.250. The predicted octanol–water partition coefficient (Wildman–Crippen LogP) is 2.79. The van der Waals surface area contributed by atoms with Gasteiger partial charge in [-0.1, -0.05) is 18.2 Å². The normalized spacial score (nSPS) is 11.8. The molecular formula is C16H18O4. The highest BCUT2D eigenvalue weighted by molar-refractivity contribution is 5.45. The van der Waals surface area contributed by atoms with Gasteiger partial charge in [-0.2, -0.15) is 0 Å². The molecule has 2 rings (SSSR count). The van der Waals surface area contributed by atoms with E-state index in [1.807, 2.05) is 24.3 Å². The third kappa shape index (κ3) is 2.86. The first-order valence-electron chi connectivity index (χ1n) is 6.23. The van der Waals surface area contributed by atoms with Crippen LogP contribution in [-0.2, 0) is 0 Å². The highest BCUT2D eigenvalue weighted by Gasteiger charge is 2.16. The van der Waals surface area contributed by atoms with Crippen LogP contribution < -0.4 is 14.2 Å².